The van der Waals surface area contributed by atoms with Gasteiger partial charge in [-0.2, -0.15) is 0 Å². The average Bonchev–Trinajstić information content (AvgIpc) is 2.84. The van der Waals surface area contributed by atoms with Crippen molar-refractivity contribution in [1.29, 1.82) is 0 Å². The van der Waals surface area contributed by atoms with Crippen molar-refractivity contribution in [2.75, 3.05) is 45.9 Å². The Bertz CT molecular complexity index is 447. The average molecular weight is 290 g/mol. The molecule has 2 saturated heterocycles. The van der Waals surface area contributed by atoms with Crippen LogP contribution in [-0.4, -0.2) is 66.9 Å². The summed E-state index contributed by atoms with van der Waals surface area (Å²) in [4.78, 5) is 4.87. The van der Waals surface area contributed by atoms with Crippen molar-refractivity contribution in [3.63, 3.8) is 0 Å². The molecule has 2 atom stereocenters. The van der Waals surface area contributed by atoms with Crippen molar-refractivity contribution in [2.24, 2.45) is 0 Å². The van der Waals surface area contributed by atoms with Crippen LogP contribution in [0.4, 0.5) is 0 Å². The van der Waals surface area contributed by atoms with Crippen LogP contribution >= 0.6 is 0 Å². The van der Waals surface area contributed by atoms with Crippen LogP contribution in [0.1, 0.15) is 18.9 Å². The topological polar surface area (TPSA) is 35.9 Å². The maximum absolute atomic E-state index is 11.1. The number of likely N-dealkylation sites (tertiary alicyclic amines) is 1. The van der Waals surface area contributed by atoms with Crippen molar-refractivity contribution in [3.05, 3.63) is 35.9 Å². The minimum absolute atomic E-state index is 0.168. The summed E-state index contributed by atoms with van der Waals surface area (Å²) >= 11 is 0. The van der Waals surface area contributed by atoms with E-state index in [1.165, 1.54) is 0 Å². The van der Waals surface area contributed by atoms with Gasteiger partial charge in [-0.25, -0.2) is 0 Å². The first-order chi connectivity index (χ1) is 10.2. The van der Waals surface area contributed by atoms with E-state index in [4.69, 9.17) is 4.74 Å². The predicted molar refractivity (Wildman–Crippen MR) is 83.2 cm³/mol. The number of hydrogen-bond donors (Lipinski definition) is 1. The molecule has 0 aliphatic carbocycles. The van der Waals surface area contributed by atoms with Crippen LogP contribution in [0.15, 0.2) is 30.3 Å². The van der Waals surface area contributed by atoms with Crippen LogP contribution in [0, 0.1) is 0 Å². The first kappa shape index (κ1) is 15.0. The summed E-state index contributed by atoms with van der Waals surface area (Å²) < 4.78 is 5.39. The molecule has 3 rings (SSSR count). The van der Waals surface area contributed by atoms with Gasteiger partial charge in [0, 0.05) is 38.8 Å². The maximum Gasteiger partial charge on any atom is 0.106 e. The molecule has 4 nitrogen and oxygen atoms in total. The van der Waals surface area contributed by atoms with E-state index in [2.05, 4.69) is 16.7 Å². The molecular weight excluding hydrogens is 264 g/mol. The number of nitrogens with zero attached hydrogens (tertiary/aromatic N) is 2. The third-order valence-electron chi connectivity index (χ3n) is 5.10. The van der Waals surface area contributed by atoms with Crippen LogP contribution in [0.25, 0.3) is 0 Å². The first-order valence-corrected chi connectivity index (χ1v) is 8.02. The number of rotatable bonds is 4. The van der Waals surface area contributed by atoms with Gasteiger partial charge >= 0.3 is 0 Å². The second-order valence-corrected chi connectivity index (χ2v) is 6.21. The van der Waals surface area contributed by atoms with Gasteiger partial charge in [0.15, 0.2) is 0 Å². The fourth-order valence-corrected chi connectivity index (χ4v) is 3.53. The van der Waals surface area contributed by atoms with Crippen LogP contribution in [0.2, 0.25) is 0 Å². The molecule has 0 bridgehead atoms. The van der Waals surface area contributed by atoms with Gasteiger partial charge in [0.1, 0.15) is 5.60 Å². The Hall–Kier alpha value is -0.940. The van der Waals surface area contributed by atoms with Gasteiger partial charge in [-0.05, 0) is 18.9 Å². The molecular formula is C17H26N2O2. The highest BCUT2D eigenvalue weighted by molar-refractivity contribution is 5.25. The molecule has 0 spiro atoms. The van der Waals surface area contributed by atoms with Crippen molar-refractivity contribution in [3.8, 4) is 0 Å². The van der Waals surface area contributed by atoms with Gasteiger partial charge in [0.05, 0.1) is 13.2 Å². The molecule has 0 amide bonds. The van der Waals surface area contributed by atoms with Gasteiger partial charge in [0.2, 0.25) is 0 Å². The molecule has 2 unspecified atom stereocenters. The van der Waals surface area contributed by atoms with E-state index < -0.39 is 5.60 Å². The van der Waals surface area contributed by atoms with Gasteiger partial charge in [-0.15, -0.1) is 0 Å². The minimum atomic E-state index is -0.702. The van der Waals surface area contributed by atoms with E-state index >= 15 is 0 Å². The Balaban J connectivity index is 1.59. The molecule has 1 N–H and O–H groups in total. The van der Waals surface area contributed by atoms with Crippen LogP contribution in [-0.2, 0) is 10.3 Å². The number of hydrogen-bond acceptors (Lipinski definition) is 4. The van der Waals surface area contributed by atoms with E-state index in [1.807, 2.05) is 30.3 Å². The molecule has 1 aromatic carbocycles. The maximum atomic E-state index is 11.1. The highest BCUT2D eigenvalue weighted by atomic mass is 16.5. The van der Waals surface area contributed by atoms with Crippen molar-refractivity contribution in [1.82, 2.24) is 9.80 Å². The van der Waals surface area contributed by atoms with Crippen molar-refractivity contribution < 1.29 is 9.84 Å². The Morgan fingerprint density at radius 1 is 1.14 bits per heavy atom. The number of benzene rings is 1. The molecule has 2 aliphatic rings. The zero-order chi connectivity index (χ0) is 14.7. The van der Waals surface area contributed by atoms with Gasteiger partial charge in [0.25, 0.3) is 0 Å². The molecule has 0 saturated carbocycles. The Kier molecular flexibility index (Phi) is 4.60. The van der Waals surface area contributed by atoms with E-state index in [0.717, 1.165) is 57.9 Å². The molecule has 2 fully saturated rings. The highest BCUT2D eigenvalue weighted by Crippen LogP contribution is 2.37. The van der Waals surface area contributed by atoms with Crippen molar-refractivity contribution in [2.45, 2.75) is 25.0 Å². The molecule has 4 heteroatoms. The van der Waals surface area contributed by atoms with Crippen LogP contribution < -0.4 is 0 Å². The SMILES string of the molecule is CC1N(CCN2CCOCC2)CCC1(O)c1ccccc1. The lowest BCUT2D eigenvalue weighted by atomic mass is 9.87. The highest BCUT2D eigenvalue weighted by Gasteiger charge is 2.44. The first-order valence-electron chi connectivity index (χ1n) is 8.02. The summed E-state index contributed by atoms with van der Waals surface area (Å²) in [6, 6.07) is 10.3. The summed E-state index contributed by atoms with van der Waals surface area (Å²) in [6.45, 7) is 8.98. The predicted octanol–water partition coefficient (Wildman–Crippen LogP) is 1.30. The lowest BCUT2D eigenvalue weighted by Crippen LogP contribution is -2.45. The lowest BCUT2D eigenvalue weighted by Gasteiger charge is -2.34. The normalized spacial score (nSPS) is 31.6. The third-order valence-corrected chi connectivity index (χ3v) is 5.10. The fraction of sp³-hybridized carbons (Fsp3) is 0.647. The molecule has 2 heterocycles. The van der Waals surface area contributed by atoms with Gasteiger partial charge in [-0.3, -0.25) is 9.80 Å². The Labute approximate surface area is 127 Å². The minimum Gasteiger partial charge on any atom is -0.383 e. The van der Waals surface area contributed by atoms with Crippen LogP contribution in [0.3, 0.4) is 0 Å². The number of ether oxygens (including phenoxy) is 1. The smallest absolute Gasteiger partial charge is 0.106 e. The Morgan fingerprint density at radius 2 is 1.86 bits per heavy atom. The zero-order valence-corrected chi connectivity index (χ0v) is 12.9. The van der Waals surface area contributed by atoms with Gasteiger partial charge in [-0.1, -0.05) is 30.3 Å². The third kappa shape index (κ3) is 3.14. The molecule has 1 aromatic rings. The number of aliphatic hydroxyl groups is 1. The van der Waals surface area contributed by atoms with Crippen LogP contribution in [0.5, 0.6) is 0 Å². The van der Waals surface area contributed by atoms with E-state index in [0.29, 0.717) is 0 Å². The van der Waals surface area contributed by atoms with Gasteiger partial charge < -0.3 is 9.84 Å². The monoisotopic (exact) mass is 290 g/mol. The summed E-state index contributed by atoms with van der Waals surface area (Å²) in [7, 11) is 0. The van der Waals surface area contributed by atoms with E-state index in [-0.39, 0.29) is 6.04 Å². The zero-order valence-electron chi connectivity index (χ0n) is 12.9. The largest absolute Gasteiger partial charge is 0.383 e. The second kappa shape index (κ2) is 6.44. The summed E-state index contributed by atoms with van der Waals surface area (Å²) in [6.07, 6.45) is 0.821. The second-order valence-electron chi connectivity index (χ2n) is 6.21. The van der Waals surface area contributed by atoms with Crippen molar-refractivity contribution >= 4 is 0 Å². The lowest BCUT2D eigenvalue weighted by molar-refractivity contribution is -0.000248. The summed E-state index contributed by atoms with van der Waals surface area (Å²) in [5.41, 5.74) is 0.345. The standard InChI is InChI=1S/C17H26N2O2/c1-15-17(20,16-5-3-2-4-6-16)7-8-19(15)10-9-18-11-13-21-14-12-18/h2-6,15,20H,7-14H2,1H3. The number of morpholine rings is 1. The summed E-state index contributed by atoms with van der Waals surface area (Å²) in [5.74, 6) is 0. The molecule has 2 aliphatic heterocycles. The molecule has 0 aromatic heterocycles. The van der Waals surface area contributed by atoms with E-state index in [9.17, 15) is 5.11 Å². The molecule has 0 radical (unpaired) electrons. The quantitative estimate of drug-likeness (QED) is 0.907. The fourth-order valence-electron chi connectivity index (χ4n) is 3.53. The van der Waals surface area contributed by atoms with E-state index in [1.54, 1.807) is 0 Å². The molecule has 21 heavy (non-hydrogen) atoms. The summed E-state index contributed by atoms with van der Waals surface area (Å²) in [5, 5.41) is 11.1. The molecule has 116 valence electrons. The Morgan fingerprint density at radius 3 is 2.57 bits per heavy atom.